The Balaban J connectivity index is 2.02. The number of nitrogens with zero attached hydrogens (tertiary/aromatic N) is 1. The largest absolute Gasteiger partial charge is 0.375 e. The number of carbonyl (C=O) groups is 1. The molecule has 2 rings (SSSR count). The number of carbonyl (C=O) groups excluding carboxylic acids is 1. The molecule has 1 saturated heterocycles. The standard InChI is InChI=1S/C16H23ClN2O2/c1-4-19(14-9-10-21-16(2,3)11-14)15(20)18-13-7-5-12(17)6-8-13/h5-8,14H,4,9-11H2,1-3H3,(H,18,20). The van der Waals surface area contributed by atoms with Gasteiger partial charge in [-0.15, -0.1) is 0 Å². The lowest BCUT2D eigenvalue weighted by atomic mass is 9.93. The molecule has 1 aliphatic rings. The second-order valence-electron chi connectivity index (χ2n) is 5.98. The van der Waals surface area contributed by atoms with Crippen LogP contribution in [0.25, 0.3) is 0 Å². The van der Waals surface area contributed by atoms with Crippen LogP contribution >= 0.6 is 11.6 Å². The lowest BCUT2D eigenvalue weighted by Gasteiger charge is -2.40. The zero-order valence-electron chi connectivity index (χ0n) is 12.9. The summed E-state index contributed by atoms with van der Waals surface area (Å²) >= 11 is 5.85. The van der Waals surface area contributed by atoms with Gasteiger partial charge in [0, 0.05) is 29.9 Å². The predicted molar refractivity (Wildman–Crippen MR) is 85.9 cm³/mol. The number of hydrogen-bond donors (Lipinski definition) is 1. The molecule has 1 heterocycles. The number of anilines is 1. The molecule has 1 aromatic carbocycles. The summed E-state index contributed by atoms with van der Waals surface area (Å²) in [5, 5.41) is 3.59. The van der Waals surface area contributed by atoms with Crippen LogP contribution in [0.15, 0.2) is 24.3 Å². The Morgan fingerprint density at radius 2 is 2.10 bits per heavy atom. The SMILES string of the molecule is CCN(C(=O)Nc1ccc(Cl)cc1)C1CCOC(C)(C)C1. The molecule has 0 bridgehead atoms. The van der Waals surface area contributed by atoms with E-state index in [9.17, 15) is 4.79 Å². The molecule has 116 valence electrons. The van der Waals surface area contributed by atoms with E-state index in [1.165, 1.54) is 0 Å². The van der Waals surface area contributed by atoms with Crippen molar-refractivity contribution in [3.63, 3.8) is 0 Å². The van der Waals surface area contributed by atoms with Crippen LogP contribution in [0.1, 0.15) is 33.6 Å². The molecule has 1 aromatic rings. The van der Waals surface area contributed by atoms with Crippen molar-refractivity contribution >= 4 is 23.3 Å². The molecule has 0 radical (unpaired) electrons. The maximum absolute atomic E-state index is 12.5. The summed E-state index contributed by atoms with van der Waals surface area (Å²) in [4.78, 5) is 14.4. The van der Waals surface area contributed by atoms with Crippen molar-refractivity contribution in [2.75, 3.05) is 18.5 Å². The first-order chi connectivity index (χ1) is 9.91. The van der Waals surface area contributed by atoms with Gasteiger partial charge in [0.2, 0.25) is 0 Å². The fraction of sp³-hybridized carbons (Fsp3) is 0.562. The molecule has 5 heteroatoms. The smallest absolute Gasteiger partial charge is 0.322 e. The molecule has 1 unspecified atom stereocenters. The molecule has 4 nitrogen and oxygen atoms in total. The van der Waals surface area contributed by atoms with Crippen molar-refractivity contribution in [3.05, 3.63) is 29.3 Å². The van der Waals surface area contributed by atoms with Crippen molar-refractivity contribution < 1.29 is 9.53 Å². The van der Waals surface area contributed by atoms with Gasteiger partial charge in [-0.05, 0) is 57.9 Å². The second kappa shape index (κ2) is 6.67. The molecule has 1 fully saturated rings. The lowest BCUT2D eigenvalue weighted by Crippen LogP contribution is -2.49. The van der Waals surface area contributed by atoms with Gasteiger partial charge >= 0.3 is 6.03 Å². The van der Waals surface area contributed by atoms with E-state index in [2.05, 4.69) is 19.2 Å². The van der Waals surface area contributed by atoms with Crippen LogP contribution in [-0.4, -0.2) is 35.7 Å². The monoisotopic (exact) mass is 310 g/mol. The molecule has 1 aliphatic heterocycles. The molecular formula is C16H23ClN2O2. The molecule has 1 atom stereocenters. The summed E-state index contributed by atoms with van der Waals surface area (Å²) in [6.07, 6.45) is 1.74. The fourth-order valence-corrected chi connectivity index (χ4v) is 2.89. The predicted octanol–water partition coefficient (Wildman–Crippen LogP) is 4.15. The highest BCUT2D eigenvalue weighted by molar-refractivity contribution is 6.30. The summed E-state index contributed by atoms with van der Waals surface area (Å²) in [5.41, 5.74) is 0.589. The van der Waals surface area contributed by atoms with E-state index in [1.54, 1.807) is 12.1 Å². The van der Waals surface area contributed by atoms with Crippen molar-refractivity contribution in [1.29, 1.82) is 0 Å². The van der Waals surface area contributed by atoms with Crippen LogP contribution in [0.3, 0.4) is 0 Å². The zero-order chi connectivity index (χ0) is 15.5. The number of halogens is 1. The Morgan fingerprint density at radius 1 is 1.43 bits per heavy atom. The number of hydrogen-bond acceptors (Lipinski definition) is 2. The average Bonchev–Trinajstić information content (AvgIpc) is 2.41. The van der Waals surface area contributed by atoms with Crippen LogP contribution < -0.4 is 5.32 Å². The maximum atomic E-state index is 12.5. The van der Waals surface area contributed by atoms with Crippen LogP contribution in [0.5, 0.6) is 0 Å². The summed E-state index contributed by atoms with van der Waals surface area (Å²) < 4.78 is 5.73. The van der Waals surface area contributed by atoms with E-state index in [0.717, 1.165) is 18.5 Å². The average molecular weight is 311 g/mol. The summed E-state index contributed by atoms with van der Waals surface area (Å²) in [6.45, 7) is 7.53. The number of rotatable bonds is 3. The number of ether oxygens (including phenoxy) is 1. The van der Waals surface area contributed by atoms with E-state index in [0.29, 0.717) is 18.2 Å². The fourth-order valence-electron chi connectivity index (χ4n) is 2.76. The molecule has 0 aromatic heterocycles. The quantitative estimate of drug-likeness (QED) is 0.911. The van der Waals surface area contributed by atoms with Gasteiger partial charge in [0.1, 0.15) is 0 Å². The Morgan fingerprint density at radius 3 is 2.67 bits per heavy atom. The van der Waals surface area contributed by atoms with E-state index in [1.807, 2.05) is 24.0 Å². The van der Waals surface area contributed by atoms with Crippen LogP contribution in [0, 0.1) is 0 Å². The van der Waals surface area contributed by atoms with E-state index in [-0.39, 0.29) is 17.7 Å². The van der Waals surface area contributed by atoms with E-state index < -0.39 is 0 Å². The van der Waals surface area contributed by atoms with Crippen LogP contribution in [0.4, 0.5) is 10.5 Å². The van der Waals surface area contributed by atoms with Gasteiger partial charge < -0.3 is 15.0 Å². The summed E-state index contributed by atoms with van der Waals surface area (Å²) in [7, 11) is 0. The van der Waals surface area contributed by atoms with Gasteiger partial charge in [-0.25, -0.2) is 4.79 Å². The Labute approximate surface area is 131 Å². The Hall–Kier alpha value is -1.26. The number of nitrogens with one attached hydrogen (secondary N) is 1. The third-order valence-electron chi connectivity index (χ3n) is 3.81. The normalized spacial score (nSPS) is 20.9. The third kappa shape index (κ3) is 4.35. The zero-order valence-corrected chi connectivity index (χ0v) is 13.6. The van der Waals surface area contributed by atoms with E-state index in [4.69, 9.17) is 16.3 Å². The van der Waals surface area contributed by atoms with Gasteiger partial charge in [0.15, 0.2) is 0 Å². The van der Waals surface area contributed by atoms with Gasteiger partial charge in [-0.1, -0.05) is 11.6 Å². The minimum Gasteiger partial charge on any atom is -0.375 e. The first kappa shape index (κ1) is 16.1. The van der Waals surface area contributed by atoms with Crippen molar-refractivity contribution in [2.24, 2.45) is 0 Å². The first-order valence-electron chi connectivity index (χ1n) is 7.38. The second-order valence-corrected chi connectivity index (χ2v) is 6.41. The highest BCUT2D eigenvalue weighted by Gasteiger charge is 2.33. The minimum atomic E-state index is -0.170. The van der Waals surface area contributed by atoms with Crippen LogP contribution in [-0.2, 0) is 4.74 Å². The highest BCUT2D eigenvalue weighted by atomic mass is 35.5. The molecule has 0 spiro atoms. The van der Waals surface area contributed by atoms with Gasteiger partial charge in [-0.3, -0.25) is 0 Å². The first-order valence-corrected chi connectivity index (χ1v) is 7.76. The van der Waals surface area contributed by atoms with E-state index >= 15 is 0 Å². The van der Waals surface area contributed by atoms with Gasteiger partial charge in [-0.2, -0.15) is 0 Å². The molecule has 2 amide bonds. The molecule has 21 heavy (non-hydrogen) atoms. The topological polar surface area (TPSA) is 41.6 Å². The Kier molecular flexibility index (Phi) is 5.12. The third-order valence-corrected chi connectivity index (χ3v) is 4.06. The number of urea groups is 1. The molecule has 0 aliphatic carbocycles. The maximum Gasteiger partial charge on any atom is 0.322 e. The lowest BCUT2D eigenvalue weighted by molar-refractivity contribution is -0.0758. The minimum absolute atomic E-state index is 0.0671. The van der Waals surface area contributed by atoms with Crippen molar-refractivity contribution in [1.82, 2.24) is 4.90 Å². The summed E-state index contributed by atoms with van der Waals surface area (Å²) in [5.74, 6) is 0. The van der Waals surface area contributed by atoms with Gasteiger partial charge in [0.05, 0.1) is 5.60 Å². The molecule has 1 N–H and O–H groups in total. The van der Waals surface area contributed by atoms with Crippen molar-refractivity contribution in [3.8, 4) is 0 Å². The summed E-state index contributed by atoms with van der Waals surface area (Å²) in [6, 6.07) is 7.30. The number of amides is 2. The van der Waals surface area contributed by atoms with Crippen LogP contribution in [0.2, 0.25) is 5.02 Å². The highest BCUT2D eigenvalue weighted by Crippen LogP contribution is 2.27. The molecular weight excluding hydrogens is 288 g/mol. The molecule has 0 saturated carbocycles. The number of benzene rings is 1. The van der Waals surface area contributed by atoms with Crippen molar-refractivity contribution in [2.45, 2.75) is 45.3 Å². The Bertz CT molecular complexity index is 488. The van der Waals surface area contributed by atoms with Gasteiger partial charge in [0.25, 0.3) is 0 Å².